The van der Waals surface area contributed by atoms with Crippen LogP contribution in [0.2, 0.25) is 0 Å². The van der Waals surface area contributed by atoms with Crippen molar-refractivity contribution in [1.82, 2.24) is 14.6 Å². The van der Waals surface area contributed by atoms with Gasteiger partial charge in [0.25, 0.3) is 0 Å². The highest BCUT2D eigenvalue weighted by Crippen LogP contribution is 2.27. The van der Waals surface area contributed by atoms with Gasteiger partial charge < -0.3 is 5.32 Å². The lowest BCUT2D eigenvalue weighted by Crippen LogP contribution is -2.15. The third-order valence-corrected chi connectivity index (χ3v) is 6.90. The molecule has 1 aliphatic rings. The molecule has 9 heteroatoms. The third kappa shape index (κ3) is 5.14. The van der Waals surface area contributed by atoms with Gasteiger partial charge in [-0.25, -0.2) is 4.52 Å². The molecule has 2 amide bonds. The Hall–Kier alpha value is -3.85. The second-order valence-electron chi connectivity index (χ2n) is 8.67. The fourth-order valence-corrected chi connectivity index (χ4v) is 5.16. The summed E-state index contributed by atoms with van der Waals surface area (Å²) in [5.74, 6) is -0.246. The first-order valence-corrected chi connectivity index (χ1v) is 12.5. The topological polar surface area (TPSA) is 105 Å². The lowest BCUT2D eigenvalue weighted by molar-refractivity contribution is -0.116. The van der Waals surface area contributed by atoms with E-state index in [1.165, 1.54) is 35.8 Å². The zero-order valence-corrected chi connectivity index (χ0v) is 20.2. The van der Waals surface area contributed by atoms with E-state index in [9.17, 15) is 14.4 Å². The first-order chi connectivity index (χ1) is 17.0. The van der Waals surface area contributed by atoms with Gasteiger partial charge in [-0.3, -0.25) is 19.7 Å². The van der Waals surface area contributed by atoms with Crippen molar-refractivity contribution in [1.29, 1.82) is 0 Å². The number of nitrogens with zero attached hydrogens (tertiary/aromatic N) is 3. The number of nitrogens with one attached hydrogen (secondary N) is 2. The molecule has 4 aromatic rings. The predicted molar refractivity (Wildman–Crippen MR) is 136 cm³/mol. The Morgan fingerprint density at radius 2 is 1.74 bits per heavy atom. The molecule has 2 aromatic carbocycles. The summed E-state index contributed by atoms with van der Waals surface area (Å²) in [7, 11) is 0. The molecule has 2 aromatic heterocycles. The summed E-state index contributed by atoms with van der Waals surface area (Å²) in [4.78, 5) is 41.4. The molecule has 2 N–H and O–H groups in total. The van der Waals surface area contributed by atoms with E-state index >= 15 is 0 Å². The Morgan fingerprint density at radius 1 is 0.971 bits per heavy atom. The Bertz CT molecular complexity index is 1420. The van der Waals surface area contributed by atoms with Gasteiger partial charge in [0.15, 0.2) is 5.78 Å². The molecule has 2 heterocycles. The number of fused-ring (bicyclic) bond motifs is 2. The predicted octanol–water partition coefficient (Wildman–Crippen LogP) is 4.90. The lowest BCUT2D eigenvalue weighted by Gasteiger charge is -2.16. The van der Waals surface area contributed by atoms with Gasteiger partial charge in [-0.1, -0.05) is 24.3 Å². The number of aromatic nitrogens is 3. The number of hydrogen-bond acceptors (Lipinski definition) is 6. The summed E-state index contributed by atoms with van der Waals surface area (Å²) in [6, 6.07) is 13.3. The molecule has 8 nitrogen and oxygen atoms in total. The summed E-state index contributed by atoms with van der Waals surface area (Å²) in [6.07, 6.45) is 4.66. The van der Waals surface area contributed by atoms with E-state index in [4.69, 9.17) is 0 Å². The summed E-state index contributed by atoms with van der Waals surface area (Å²) < 4.78 is 1.67. The van der Waals surface area contributed by atoms with Crippen molar-refractivity contribution in [2.24, 2.45) is 0 Å². The minimum Gasteiger partial charge on any atom is -0.326 e. The van der Waals surface area contributed by atoms with E-state index in [0.717, 1.165) is 30.5 Å². The van der Waals surface area contributed by atoms with Crippen molar-refractivity contribution in [3.05, 3.63) is 64.5 Å². The van der Waals surface area contributed by atoms with Gasteiger partial charge in [0, 0.05) is 42.0 Å². The zero-order chi connectivity index (χ0) is 24.4. The number of thiazole rings is 1. The molecule has 1 aliphatic carbocycles. The molecule has 0 radical (unpaired) electrons. The van der Waals surface area contributed by atoms with Crippen LogP contribution in [0.1, 0.15) is 54.1 Å². The average molecular weight is 488 g/mol. The number of amides is 2. The molecule has 178 valence electrons. The Labute approximate surface area is 206 Å². The first-order valence-electron chi connectivity index (χ1n) is 11.6. The second kappa shape index (κ2) is 9.79. The van der Waals surface area contributed by atoms with Gasteiger partial charge in [-0.15, -0.1) is 16.4 Å². The Kier molecular flexibility index (Phi) is 6.41. The number of carbonyl (C=O) groups excluding carboxylic acids is 3. The number of carbonyl (C=O) groups is 3. The van der Waals surface area contributed by atoms with E-state index in [1.807, 2.05) is 41.8 Å². The van der Waals surface area contributed by atoms with Crippen molar-refractivity contribution >= 4 is 45.5 Å². The van der Waals surface area contributed by atoms with Crippen LogP contribution < -0.4 is 10.6 Å². The fourth-order valence-electron chi connectivity index (χ4n) is 4.33. The number of aryl methyl sites for hydroxylation is 2. The van der Waals surface area contributed by atoms with E-state index in [1.54, 1.807) is 4.52 Å². The highest BCUT2D eigenvalue weighted by atomic mass is 32.1. The summed E-state index contributed by atoms with van der Waals surface area (Å²) in [6.45, 7) is 1.46. The largest absolute Gasteiger partial charge is 0.326 e. The van der Waals surface area contributed by atoms with Gasteiger partial charge in [0.1, 0.15) is 0 Å². The van der Waals surface area contributed by atoms with Gasteiger partial charge in [0.05, 0.1) is 5.69 Å². The van der Waals surface area contributed by atoms with Crippen LogP contribution in [-0.4, -0.2) is 32.2 Å². The molecule has 0 saturated carbocycles. The molecule has 0 spiro atoms. The van der Waals surface area contributed by atoms with E-state index in [0.29, 0.717) is 16.2 Å². The molecule has 5 rings (SSSR count). The second-order valence-corrected chi connectivity index (χ2v) is 9.51. The maximum atomic E-state index is 12.6. The first kappa shape index (κ1) is 22.9. The van der Waals surface area contributed by atoms with E-state index in [2.05, 4.69) is 26.8 Å². The SMILES string of the molecule is CC(=O)Nc1ccc(-c2csc3nc(NC(=O)CCC(=O)c4ccc5c(c4)CCCC5)nn23)cc1. The normalized spacial score (nSPS) is 12.8. The van der Waals surface area contributed by atoms with Crippen molar-refractivity contribution in [3.63, 3.8) is 0 Å². The summed E-state index contributed by atoms with van der Waals surface area (Å²) in [5.41, 5.74) is 5.71. The number of hydrogen-bond donors (Lipinski definition) is 2. The monoisotopic (exact) mass is 487 g/mol. The molecule has 0 aliphatic heterocycles. The zero-order valence-electron chi connectivity index (χ0n) is 19.3. The number of ketones is 1. The number of rotatable bonds is 7. The molecular weight excluding hydrogens is 462 g/mol. The standard InChI is InChI=1S/C26H25N5O3S/c1-16(32)27-21-10-8-18(9-11-21)22-15-35-26-29-25(30-31(22)26)28-24(34)13-12-23(33)20-7-6-17-4-2-3-5-19(17)14-20/h6-11,14-15H,2-5,12-13H2,1H3,(H,27,32)(H,28,30,34). The Morgan fingerprint density at radius 3 is 2.51 bits per heavy atom. The molecule has 0 atom stereocenters. The Balaban J connectivity index is 1.21. The quantitative estimate of drug-likeness (QED) is 0.361. The van der Waals surface area contributed by atoms with Crippen molar-refractivity contribution in [2.45, 2.75) is 45.4 Å². The summed E-state index contributed by atoms with van der Waals surface area (Å²) in [5, 5.41) is 11.8. The molecule has 35 heavy (non-hydrogen) atoms. The third-order valence-electron chi connectivity index (χ3n) is 6.08. The van der Waals surface area contributed by atoms with Crippen molar-refractivity contribution < 1.29 is 14.4 Å². The molecule has 0 bridgehead atoms. The van der Waals surface area contributed by atoms with Crippen molar-refractivity contribution in [2.75, 3.05) is 10.6 Å². The minimum absolute atomic E-state index is 0.0303. The number of Topliss-reactive ketones (excluding diaryl/α,β-unsaturated/α-hetero) is 1. The number of benzene rings is 2. The number of anilines is 2. The van der Waals surface area contributed by atoms with Crippen LogP contribution >= 0.6 is 11.3 Å². The van der Waals surface area contributed by atoms with Gasteiger partial charge in [-0.05, 0) is 55.0 Å². The van der Waals surface area contributed by atoms with Crippen LogP contribution in [0.4, 0.5) is 11.6 Å². The molecule has 0 unspecified atom stereocenters. The van der Waals surface area contributed by atoms with E-state index in [-0.39, 0.29) is 36.4 Å². The van der Waals surface area contributed by atoms with E-state index < -0.39 is 0 Å². The summed E-state index contributed by atoms with van der Waals surface area (Å²) >= 11 is 1.41. The van der Waals surface area contributed by atoms with Crippen LogP contribution in [0.3, 0.4) is 0 Å². The highest BCUT2D eigenvalue weighted by molar-refractivity contribution is 7.15. The van der Waals surface area contributed by atoms with Crippen LogP contribution in [0.15, 0.2) is 47.8 Å². The van der Waals surface area contributed by atoms with Crippen LogP contribution in [0.25, 0.3) is 16.2 Å². The van der Waals surface area contributed by atoms with Gasteiger partial charge in [-0.2, -0.15) is 4.98 Å². The van der Waals surface area contributed by atoms with Gasteiger partial charge in [0.2, 0.25) is 22.7 Å². The minimum atomic E-state index is -0.296. The molecule has 0 saturated heterocycles. The highest BCUT2D eigenvalue weighted by Gasteiger charge is 2.16. The molecule has 0 fully saturated rings. The fraction of sp³-hybridized carbons (Fsp3) is 0.269. The van der Waals surface area contributed by atoms with Crippen LogP contribution in [0, 0.1) is 0 Å². The smallest absolute Gasteiger partial charge is 0.250 e. The maximum absolute atomic E-state index is 12.6. The van der Waals surface area contributed by atoms with Crippen LogP contribution in [-0.2, 0) is 22.4 Å². The van der Waals surface area contributed by atoms with Crippen LogP contribution in [0.5, 0.6) is 0 Å². The lowest BCUT2D eigenvalue weighted by atomic mass is 9.89. The maximum Gasteiger partial charge on any atom is 0.250 e. The average Bonchev–Trinajstić information content (AvgIpc) is 3.42. The van der Waals surface area contributed by atoms with Crippen molar-refractivity contribution in [3.8, 4) is 11.3 Å². The van der Waals surface area contributed by atoms with Gasteiger partial charge >= 0.3 is 0 Å². The molecular formula is C26H25N5O3S.